The number of hydrogen-bond donors (Lipinski definition) is 2. The lowest BCUT2D eigenvalue weighted by atomic mass is 10.2. The fourth-order valence-corrected chi connectivity index (χ4v) is 2.14. The second-order valence-corrected chi connectivity index (χ2v) is 5.38. The lowest BCUT2D eigenvalue weighted by Crippen LogP contribution is -2.12. The van der Waals surface area contributed by atoms with Crippen molar-refractivity contribution in [3.63, 3.8) is 0 Å². The first kappa shape index (κ1) is 15.3. The van der Waals surface area contributed by atoms with Gasteiger partial charge in [-0.05, 0) is 24.3 Å². The molecule has 0 aromatic heterocycles. The number of hydrogen-bond acceptors (Lipinski definition) is 4. The Labute approximate surface area is 133 Å². The Hall–Kier alpha value is -2.12. The third kappa shape index (κ3) is 3.50. The van der Waals surface area contributed by atoms with Crippen molar-refractivity contribution in [2.24, 2.45) is 5.73 Å². The van der Waals surface area contributed by atoms with Crippen molar-refractivity contribution in [3.8, 4) is 11.5 Å². The van der Waals surface area contributed by atoms with E-state index >= 15 is 0 Å². The van der Waals surface area contributed by atoms with Gasteiger partial charge in [-0.15, -0.1) is 0 Å². The normalized spacial score (nSPS) is 10.2. The fourth-order valence-electron chi connectivity index (χ4n) is 1.64. The Morgan fingerprint density at radius 3 is 2.62 bits per heavy atom. The first-order valence-corrected chi connectivity index (χ1v) is 6.81. The van der Waals surface area contributed by atoms with Crippen molar-refractivity contribution in [1.29, 1.82) is 5.41 Å². The van der Waals surface area contributed by atoms with Gasteiger partial charge in [0, 0.05) is 21.6 Å². The highest BCUT2D eigenvalue weighted by atomic mass is 79.9. The molecule has 2 aromatic rings. The van der Waals surface area contributed by atoms with E-state index in [4.69, 9.17) is 27.5 Å². The van der Waals surface area contributed by atoms with Crippen LogP contribution in [0.1, 0.15) is 5.56 Å². The summed E-state index contributed by atoms with van der Waals surface area (Å²) in [7, 11) is 0. The van der Waals surface area contributed by atoms with E-state index in [1.807, 2.05) is 0 Å². The molecule has 8 heteroatoms. The molecule has 21 heavy (non-hydrogen) atoms. The summed E-state index contributed by atoms with van der Waals surface area (Å²) >= 11 is 9.11. The molecule has 0 atom stereocenters. The van der Waals surface area contributed by atoms with Crippen LogP contribution >= 0.6 is 27.5 Å². The van der Waals surface area contributed by atoms with Gasteiger partial charge < -0.3 is 10.5 Å². The van der Waals surface area contributed by atoms with E-state index in [1.54, 1.807) is 18.2 Å². The van der Waals surface area contributed by atoms with Gasteiger partial charge in [0.2, 0.25) is 5.75 Å². The summed E-state index contributed by atoms with van der Waals surface area (Å²) in [6, 6.07) is 8.84. The lowest BCUT2D eigenvalue weighted by molar-refractivity contribution is -0.385. The maximum absolute atomic E-state index is 11.0. The van der Waals surface area contributed by atoms with Gasteiger partial charge in [-0.1, -0.05) is 27.5 Å². The van der Waals surface area contributed by atoms with Gasteiger partial charge in [0.25, 0.3) is 0 Å². The monoisotopic (exact) mass is 369 g/mol. The molecule has 0 aliphatic rings. The van der Waals surface area contributed by atoms with Gasteiger partial charge in [0.05, 0.1) is 10.5 Å². The number of amidine groups is 1. The summed E-state index contributed by atoms with van der Waals surface area (Å²) in [5.74, 6) is -0.00229. The van der Waals surface area contributed by atoms with E-state index in [1.165, 1.54) is 18.2 Å². The number of nitro benzene ring substituents is 1. The first-order chi connectivity index (χ1) is 9.88. The molecule has 0 radical (unpaired) electrons. The Morgan fingerprint density at radius 2 is 2.00 bits per heavy atom. The number of ether oxygens (including phenoxy) is 1. The minimum absolute atomic E-state index is 0.0203. The minimum Gasteiger partial charge on any atom is -0.449 e. The quantitative estimate of drug-likeness (QED) is 0.366. The van der Waals surface area contributed by atoms with Crippen LogP contribution in [0, 0.1) is 15.5 Å². The van der Waals surface area contributed by atoms with Crippen LogP contribution < -0.4 is 10.5 Å². The highest BCUT2D eigenvalue weighted by Crippen LogP contribution is 2.36. The molecule has 3 N–H and O–H groups in total. The van der Waals surface area contributed by atoms with Crippen molar-refractivity contribution >= 4 is 39.1 Å². The lowest BCUT2D eigenvalue weighted by Gasteiger charge is -2.11. The van der Waals surface area contributed by atoms with Gasteiger partial charge in [0.1, 0.15) is 11.6 Å². The van der Waals surface area contributed by atoms with Crippen LogP contribution in [-0.2, 0) is 0 Å². The highest BCUT2D eigenvalue weighted by molar-refractivity contribution is 9.10. The fraction of sp³-hybridized carbons (Fsp3) is 0. The van der Waals surface area contributed by atoms with Crippen molar-refractivity contribution in [3.05, 3.63) is 61.6 Å². The zero-order valence-electron chi connectivity index (χ0n) is 10.5. The topological polar surface area (TPSA) is 102 Å². The van der Waals surface area contributed by atoms with Gasteiger partial charge in [-0.25, -0.2) is 0 Å². The molecule has 0 aliphatic carbocycles. The number of nitrogen functional groups attached to an aromatic ring is 1. The average Bonchev–Trinajstić information content (AvgIpc) is 2.38. The second kappa shape index (κ2) is 6.11. The third-order valence-corrected chi connectivity index (χ3v) is 3.30. The van der Waals surface area contributed by atoms with Crippen molar-refractivity contribution in [1.82, 2.24) is 0 Å². The molecule has 6 nitrogen and oxygen atoms in total. The van der Waals surface area contributed by atoms with Crippen molar-refractivity contribution in [2.75, 3.05) is 0 Å². The number of nitrogens with one attached hydrogen (secondary N) is 1. The number of benzene rings is 2. The van der Waals surface area contributed by atoms with E-state index < -0.39 is 4.92 Å². The standard InChI is InChI=1S/C13H9BrClN3O3/c14-7-1-3-9(13(16)17)11(5-7)21-12-6-8(15)2-4-10(12)18(19)20/h1-6H,(H3,16,17). The molecule has 0 saturated heterocycles. The minimum atomic E-state index is -0.572. The van der Waals surface area contributed by atoms with Gasteiger partial charge >= 0.3 is 5.69 Å². The Kier molecular flexibility index (Phi) is 4.44. The molecule has 0 unspecified atom stereocenters. The van der Waals surface area contributed by atoms with Crippen LogP contribution in [0.2, 0.25) is 5.02 Å². The van der Waals surface area contributed by atoms with Crippen molar-refractivity contribution in [2.45, 2.75) is 0 Å². The molecular formula is C13H9BrClN3O3. The molecule has 0 heterocycles. The molecular weight excluding hydrogens is 362 g/mol. The Balaban J connectivity index is 2.52. The SMILES string of the molecule is N=C(N)c1ccc(Br)cc1Oc1cc(Cl)ccc1[N+](=O)[O-]. The summed E-state index contributed by atoms with van der Waals surface area (Å²) in [5.41, 5.74) is 5.57. The van der Waals surface area contributed by atoms with Crippen LogP contribution in [0.25, 0.3) is 0 Å². The molecule has 0 fully saturated rings. The van der Waals surface area contributed by atoms with Crippen LogP contribution in [-0.4, -0.2) is 10.8 Å². The van der Waals surface area contributed by atoms with Crippen molar-refractivity contribution < 1.29 is 9.66 Å². The average molecular weight is 371 g/mol. The van der Waals surface area contributed by atoms with E-state index in [0.717, 1.165) is 0 Å². The highest BCUT2D eigenvalue weighted by Gasteiger charge is 2.18. The van der Waals surface area contributed by atoms with E-state index in [2.05, 4.69) is 15.9 Å². The van der Waals surface area contributed by atoms with Crippen LogP contribution in [0.15, 0.2) is 40.9 Å². The predicted molar refractivity (Wildman–Crippen MR) is 83.3 cm³/mol. The number of nitro groups is 1. The van der Waals surface area contributed by atoms with E-state index in [-0.39, 0.29) is 23.0 Å². The summed E-state index contributed by atoms with van der Waals surface area (Å²) < 4.78 is 6.24. The van der Waals surface area contributed by atoms with Gasteiger partial charge in [0.15, 0.2) is 0 Å². The van der Waals surface area contributed by atoms with Gasteiger partial charge in [-0.2, -0.15) is 0 Å². The van der Waals surface area contributed by atoms with Crippen LogP contribution in [0.3, 0.4) is 0 Å². The summed E-state index contributed by atoms with van der Waals surface area (Å²) in [6.45, 7) is 0. The predicted octanol–water partition coefficient (Wildman–Crippen LogP) is 4.09. The molecule has 0 bridgehead atoms. The summed E-state index contributed by atoms with van der Waals surface area (Å²) in [5, 5.41) is 18.8. The number of nitrogens with two attached hydrogens (primary N) is 1. The zero-order valence-corrected chi connectivity index (χ0v) is 12.8. The first-order valence-electron chi connectivity index (χ1n) is 5.64. The maximum atomic E-state index is 11.0. The molecule has 2 rings (SSSR count). The summed E-state index contributed by atoms with van der Waals surface area (Å²) in [6.07, 6.45) is 0. The molecule has 2 aromatic carbocycles. The number of rotatable bonds is 4. The third-order valence-electron chi connectivity index (χ3n) is 2.57. The maximum Gasteiger partial charge on any atom is 0.311 e. The molecule has 0 aliphatic heterocycles. The smallest absolute Gasteiger partial charge is 0.311 e. The van der Waals surface area contributed by atoms with Gasteiger partial charge in [-0.3, -0.25) is 15.5 Å². The number of halogens is 2. The largest absolute Gasteiger partial charge is 0.449 e. The zero-order chi connectivity index (χ0) is 15.6. The van der Waals surface area contributed by atoms with Crippen LogP contribution in [0.4, 0.5) is 5.69 Å². The molecule has 108 valence electrons. The Morgan fingerprint density at radius 1 is 1.29 bits per heavy atom. The molecule has 0 amide bonds. The Bertz CT molecular complexity index is 675. The summed E-state index contributed by atoms with van der Waals surface area (Å²) in [4.78, 5) is 10.4. The second-order valence-electron chi connectivity index (χ2n) is 4.03. The van der Waals surface area contributed by atoms with E-state index in [9.17, 15) is 10.1 Å². The molecule has 0 saturated carbocycles. The van der Waals surface area contributed by atoms with Crippen LogP contribution in [0.5, 0.6) is 11.5 Å². The van der Waals surface area contributed by atoms with E-state index in [0.29, 0.717) is 15.1 Å². The molecule has 0 spiro atoms. The number of nitrogens with zero attached hydrogens (tertiary/aromatic N) is 1.